The summed E-state index contributed by atoms with van der Waals surface area (Å²) in [6, 6.07) is -0.371. The summed E-state index contributed by atoms with van der Waals surface area (Å²) in [5.74, 6) is 0.148. The first-order valence-electron chi connectivity index (χ1n) is 7.69. The molecule has 2 aliphatic rings. The number of carbonyl (C=O) groups is 2. The Morgan fingerprint density at radius 2 is 2.00 bits per heavy atom. The van der Waals surface area contributed by atoms with E-state index in [1.165, 1.54) is 0 Å². The predicted molar refractivity (Wildman–Crippen MR) is 76.2 cm³/mol. The molecule has 0 spiro atoms. The maximum Gasteiger partial charge on any atom is 0.246 e. The molecule has 2 saturated heterocycles. The van der Waals surface area contributed by atoms with Crippen LogP contribution in [-0.4, -0.2) is 47.6 Å². The van der Waals surface area contributed by atoms with Crippen molar-refractivity contribution < 1.29 is 14.3 Å². The summed E-state index contributed by atoms with van der Waals surface area (Å²) in [6.07, 6.45) is 2.11. The summed E-state index contributed by atoms with van der Waals surface area (Å²) in [4.78, 5) is 27.4. The average Bonchev–Trinajstić information content (AvgIpc) is 2.93. The summed E-state index contributed by atoms with van der Waals surface area (Å²) < 4.78 is 5.45. The van der Waals surface area contributed by atoms with Crippen molar-refractivity contribution in [2.75, 3.05) is 13.2 Å². The molecule has 0 bridgehead atoms. The van der Waals surface area contributed by atoms with E-state index < -0.39 is 11.6 Å². The molecule has 0 aromatic rings. The quantitative estimate of drug-likeness (QED) is 0.846. The van der Waals surface area contributed by atoms with Crippen molar-refractivity contribution in [1.29, 1.82) is 0 Å². The Balaban J connectivity index is 2.40. The molecule has 2 atom stereocenters. The maximum atomic E-state index is 12.9. The van der Waals surface area contributed by atoms with E-state index in [0.717, 1.165) is 6.42 Å². The van der Waals surface area contributed by atoms with Crippen LogP contribution in [0, 0.1) is 5.92 Å². The predicted octanol–water partition coefficient (Wildman–Crippen LogP) is 1.32. The van der Waals surface area contributed by atoms with E-state index in [9.17, 15) is 9.59 Å². The lowest BCUT2D eigenvalue weighted by Crippen LogP contribution is -2.73. The van der Waals surface area contributed by atoms with Gasteiger partial charge in [-0.25, -0.2) is 0 Å². The second-order valence-corrected chi connectivity index (χ2v) is 6.16. The lowest BCUT2D eigenvalue weighted by Gasteiger charge is -2.50. The SMILES string of the molecule is CCC1(CC)C(=O)NC(C(C)C)C(=O)N1C1CCOC1. The molecule has 20 heavy (non-hydrogen) atoms. The van der Waals surface area contributed by atoms with E-state index in [1.807, 2.05) is 32.6 Å². The van der Waals surface area contributed by atoms with E-state index in [4.69, 9.17) is 4.74 Å². The number of amides is 2. The van der Waals surface area contributed by atoms with Gasteiger partial charge in [-0.1, -0.05) is 27.7 Å². The first-order valence-corrected chi connectivity index (χ1v) is 7.69. The molecule has 0 radical (unpaired) electrons. The zero-order chi connectivity index (χ0) is 14.9. The molecule has 114 valence electrons. The van der Waals surface area contributed by atoms with Gasteiger partial charge >= 0.3 is 0 Å². The zero-order valence-electron chi connectivity index (χ0n) is 12.9. The fourth-order valence-corrected chi connectivity index (χ4v) is 3.43. The highest BCUT2D eigenvalue weighted by Crippen LogP contribution is 2.34. The Kier molecular flexibility index (Phi) is 4.37. The molecule has 0 saturated carbocycles. The van der Waals surface area contributed by atoms with Gasteiger partial charge in [-0.05, 0) is 25.2 Å². The molecule has 2 heterocycles. The Morgan fingerprint density at radius 3 is 2.45 bits per heavy atom. The first kappa shape index (κ1) is 15.3. The van der Waals surface area contributed by atoms with E-state index >= 15 is 0 Å². The van der Waals surface area contributed by atoms with Gasteiger partial charge in [-0.3, -0.25) is 9.59 Å². The summed E-state index contributed by atoms with van der Waals surface area (Å²) in [5.41, 5.74) is -0.707. The monoisotopic (exact) mass is 282 g/mol. The lowest BCUT2D eigenvalue weighted by atomic mass is 9.82. The Hall–Kier alpha value is -1.10. The number of ether oxygens (including phenoxy) is 1. The molecule has 5 heteroatoms. The Labute approximate surface area is 121 Å². The largest absolute Gasteiger partial charge is 0.379 e. The van der Waals surface area contributed by atoms with Gasteiger partial charge in [-0.15, -0.1) is 0 Å². The standard InChI is InChI=1S/C15H26N2O3/c1-5-15(6-2)14(19)16-12(10(3)4)13(18)17(15)11-7-8-20-9-11/h10-12H,5-9H2,1-4H3,(H,16,19). The molecule has 2 unspecified atom stereocenters. The van der Waals surface area contributed by atoms with Crippen molar-refractivity contribution in [2.45, 2.75) is 64.6 Å². The zero-order valence-corrected chi connectivity index (χ0v) is 12.9. The van der Waals surface area contributed by atoms with Gasteiger partial charge in [0.2, 0.25) is 11.8 Å². The van der Waals surface area contributed by atoms with Gasteiger partial charge in [0.1, 0.15) is 11.6 Å². The molecule has 1 N–H and O–H groups in total. The number of rotatable bonds is 4. The van der Waals surface area contributed by atoms with Gasteiger partial charge in [0.15, 0.2) is 0 Å². The Morgan fingerprint density at radius 1 is 1.35 bits per heavy atom. The van der Waals surface area contributed by atoms with Crippen molar-refractivity contribution in [3.8, 4) is 0 Å². The number of nitrogens with zero attached hydrogens (tertiary/aromatic N) is 1. The third kappa shape index (κ3) is 2.22. The van der Waals surface area contributed by atoms with Crippen LogP contribution in [-0.2, 0) is 14.3 Å². The third-order valence-electron chi connectivity index (χ3n) is 4.78. The van der Waals surface area contributed by atoms with Crippen LogP contribution in [0.25, 0.3) is 0 Å². The molecular formula is C15H26N2O3. The smallest absolute Gasteiger partial charge is 0.246 e. The average molecular weight is 282 g/mol. The minimum atomic E-state index is -0.707. The second kappa shape index (κ2) is 5.72. The third-order valence-corrected chi connectivity index (χ3v) is 4.78. The number of nitrogens with one attached hydrogen (secondary N) is 1. The molecular weight excluding hydrogens is 256 g/mol. The van der Waals surface area contributed by atoms with Crippen LogP contribution >= 0.6 is 0 Å². The van der Waals surface area contributed by atoms with Gasteiger partial charge in [0, 0.05) is 6.61 Å². The highest BCUT2D eigenvalue weighted by molar-refractivity contribution is 6.00. The van der Waals surface area contributed by atoms with Gasteiger partial charge in [0.05, 0.1) is 12.6 Å². The fraction of sp³-hybridized carbons (Fsp3) is 0.867. The van der Waals surface area contributed by atoms with E-state index in [-0.39, 0.29) is 23.8 Å². The van der Waals surface area contributed by atoms with Crippen molar-refractivity contribution in [1.82, 2.24) is 10.2 Å². The van der Waals surface area contributed by atoms with Crippen LogP contribution in [0.3, 0.4) is 0 Å². The van der Waals surface area contributed by atoms with E-state index in [2.05, 4.69) is 5.32 Å². The van der Waals surface area contributed by atoms with Gasteiger partial charge in [-0.2, -0.15) is 0 Å². The summed E-state index contributed by atoms with van der Waals surface area (Å²) >= 11 is 0. The highest BCUT2D eigenvalue weighted by Gasteiger charge is 2.53. The molecule has 0 aliphatic carbocycles. The molecule has 0 aromatic carbocycles. The van der Waals surface area contributed by atoms with Crippen LogP contribution in [0.2, 0.25) is 0 Å². The number of hydrogen-bond donors (Lipinski definition) is 1. The van der Waals surface area contributed by atoms with Crippen molar-refractivity contribution in [2.24, 2.45) is 5.92 Å². The number of carbonyl (C=O) groups excluding carboxylic acids is 2. The fourth-order valence-electron chi connectivity index (χ4n) is 3.43. The minimum absolute atomic E-state index is 0.00676. The first-order chi connectivity index (χ1) is 9.47. The van der Waals surface area contributed by atoms with Gasteiger partial charge in [0.25, 0.3) is 0 Å². The lowest BCUT2D eigenvalue weighted by molar-refractivity contribution is -0.163. The number of hydrogen-bond acceptors (Lipinski definition) is 3. The molecule has 2 aliphatic heterocycles. The van der Waals surface area contributed by atoms with Crippen LogP contribution in [0.15, 0.2) is 0 Å². The normalized spacial score (nSPS) is 29.9. The summed E-state index contributed by atoms with van der Waals surface area (Å²) in [7, 11) is 0. The molecule has 2 fully saturated rings. The van der Waals surface area contributed by atoms with Gasteiger partial charge < -0.3 is 15.0 Å². The second-order valence-electron chi connectivity index (χ2n) is 6.16. The van der Waals surface area contributed by atoms with Crippen molar-refractivity contribution in [3.05, 3.63) is 0 Å². The number of piperazine rings is 1. The van der Waals surface area contributed by atoms with Crippen molar-refractivity contribution in [3.63, 3.8) is 0 Å². The topological polar surface area (TPSA) is 58.6 Å². The molecule has 0 aromatic heterocycles. The highest BCUT2D eigenvalue weighted by atomic mass is 16.5. The molecule has 2 rings (SSSR count). The Bertz CT molecular complexity index is 385. The molecule has 5 nitrogen and oxygen atoms in total. The van der Waals surface area contributed by atoms with E-state index in [0.29, 0.717) is 26.1 Å². The van der Waals surface area contributed by atoms with Crippen LogP contribution in [0.1, 0.15) is 47.0 Å². The van der Waals surface area contributed by atoms with Crippen LogP contribution in [0.4, 0.5) is 0 Å². The van der Waals surface area contributed by atoms with Crippen LogP contribution < -0.4 is 5.32 Å². The van der Waals surface area contributed by atoms with Crippen LogP contribution in [0.5, 0.6) is 0 Å². The molecule has 2 amide bonds. The minimum Gasteiger partial charge on any atom is -0.379 e. The summed E-state index contributed by atoms with van der Waals surface area (Å²) in [5, 5.41) is 2.94. The summed E-state index contributed by atoms with van der Waals surface area (Å²) in [6.45, 7) is 9.12. The maximum absolute atomic E-state index is 12.9. The van der Waals surface area contributed by atoms with E-state index in [1.54, 1.807) is 0 Å². The van der Waals surface area contributed by atoms with Crippen molar-refractivity contribution >= 4 is 11.8 Å².